The second-order valence-electron chi connectivity index (χ2n) is 2.63. The number of allylic oxidation sites excluding steroid dienone is 4. The summed E-state index contributed by atoms with van der Waals surface area (Å²) in [4.78, 5) is 11.8. The van der Waals surface area contributed by atoms with Gasteiger partial charge in [-0.3, -0.25) is 4.99 Å². The molecule has 0 fully saturated rings. The molecule has 0 aliphatic carbocycles. The zero-order chi connectivity index (χ0) is 11.3. The Bertz CT molecular complexity index is 338. The first kappa shape index (κ1) is 11.8. The molecule has 0 saturated heterocycles. The highest BCUT2D eigenvalue weighted by atomic mass is 16.5. The second kappa shape index (κ2) is 9.33. The van der Waals surface area contributed by atoms with Crippen LogP contribution in [0.4, 0.5) is 0 Å². The first-order valence-corrected chi connectivity index (χ1v) is 4.82. The Morgan fingerprint density at radius 3 is 2.75 bits per heavy atom. The molecular formula is C12H13N3O. The van der Waals surface area contributed by atoms with Crippen LogP contribution in [0.1, 0.15) is 0 Å². The van der Waals surface area contributed by atoms with Crippen LogP contribution in [0.3, 0.4) is 0 Å². The third-order valence-corrected chi connectivity index (χ3v) is 1.43. The lowest BCUT2D eigenvalue weighted by atomic mass is 10.5. The molecule has 0 amide bonds. The van der Waals surface area contributed by atoms with Crippen molar-refractivity contribution in [1.82, 2.24) is 0 Å². The van der Waals surface area contributed by atoms with Crippen molar-refractivity contribution >= 4 is 18.8 Å². The first-order chi connectivity index (χ1) is 8.00. The van der Waals surface area contributed by atoms with Crippen LogP contribution in [0.2, 0.25) is 0 Å². The number of nitrogens with zero attached hydrogens (tertiary/aromatic N) is 3. The Morgan fingerprint density at radius 1 is 0.812 bits per heavy atom. The number of rotatable bonds is 0. The number of hydrogen-bond donors (Lipinski definition) is 0. The van der Waals surface area contributed by atoms with Crippen LogP contribution < -0.4 is 0 Å². The normalized spacial score (nSPS) is 22.5. The average molecular weight is 215 g/mol. The van der Waals surface area contributed by atoms with Gasteiger partial charge in [-0.2, -0.15) is 0 Å². The molecule has 0 atom stereocenters. The Hall–Kier alpha value is -2.23. The molecule has 4 nitrogen and oxygen atoms in total. The van der Waals surface area contributed by atoms with E-state index in [0.717, 1.165) is 0 Å². The lowest BCUT2D eigenvalue weighted by Crippen LogP contribution is -1.79. The van der Waals surface area contributed by atoms with Crippen molar-refractivity contribution in [3.8, 4) is 0 Å². The Morgan fingerprint density at radius 2 is 1.75 bits per heavy atom. The van der Waals surface area contributed by atoms with Crippen LogP contribution in [-0.4, -0.2) is 25.4 Å². The van der Waals surface area contributed by atoms with Gasteiger partial charge in [0, 0.05) is 24.8 Å². The summed E-state index contributed by atoms with van der Waals surface area (Å²) in [6, 6.07) is 0. The molecule has 0 bridgehead atoms. The van der Waals surface area contributed by atoms with Gasteiger partial charge in [0.25, 0.3) is 0 Å². The highest BCUT2D eigenvalue weighted by Crippen LogP contribution is 1.83. The van der Waals surface area contributed by atoms with E-state index >= 15 is 0 Å². The van der Waals surface area contributed by atoms with Crippen molar-refractivity contribution in [2.24, 2.45) is 15.0 Å². The minimum Gasteiger partial charge on any atom is -0.497 e. The summed E-state index contributed by atoms with van der Waals surface area (Å²) in [5, 5.41) is 0. The minimum atomic E-state index is 0.498. The Kier molecular flexibility index (Phi) is 6.91. The van der Waals surface area contributed by atoms with Crippen LogP contribution in [-0.2, 0) is 4.74 Å². The van der Waals surface area contributed by atoms with Gasteiger partial charge >= 0.3 is 0 Å². The first-order valence-electron chi connectivity index (χ1n) is 4.82. The van der Waals surface area contributed by atoms with E-state index in [9.17, 15) is 0 Å². The summed E-state index contributed by atoms with van der Waals surface area (Å²) in [7, 11) is 0. The summed E-state index contributed by atoms with van der Waals surface area (Å²) >= 11 is 0. The van der Waals surface area contributed by atoms with E-state index in [1.165, 1.54) is 6.34 Å². The van der Waals surface area contributed by atoms with E-state index < -0.39 is 0 Å². The third kappa shape index (κ3) is 7.20. The quantitative estimate of drug-likeness (QED) is 0.611. The zero-order valence-corrected chi connectivity index (χ0v) is 8.81. The number of aliphatic imine (C=N–C) groups is 3. The number of ether oxygens (including phenoxy) is 1. The predicted molar refractivity (Wildman–Crippen MR) is 68.0 cm³/mol. The molecule has 0 spiro atoms. The van der Waals surface area contributed by atoms with Crippen molar-refractivity contribution in [3.05, 3.63) is 49.0 Å². The molecule has 1 aliphatic rings. The van der Waals surface area contributed by atoms with E-state index in [4.69, 9.17) is 4.74 Å². The molecular weight excluding hydrogens is 202 g/mol. The molecule has 4 heteroatoms. The fourth-order valence-electron chi connectivity index (χ4n) is 0.782. The molecule has 0 aromatic heterocycles. The standard InChI is InChI=1S/C12H13N3O/c1-2-6-14-12-15-8-4-7-13-9-5-11-16-10-3-1/h1-10,12H,11H2/b2-1?,8-4+,9-5+,10-3?,13-7+,14-6?,15-12?. The average Bonchev–Trinajstić information content (AvgIpc) is 2.29. The minimum absolute atomic E-state index is 0.498. The fourth-order valence-corrected chi connectivity index (χ4v) is 0.782. The van der Waals surface area contributed by atoms with Crippen molar-refractivity contribution in [2.45, 2.75) is 0 Å². The van der Waals surface area contributed by atoms with Crippen LogP contribution >= 0.6 is 0 Å². The van der Waals surface area contributed by atoms with Gasteiger partial charge in [0.05, 0.1) is 6.26 Å². The van der Waals surface area contributed by atoms with Gasteiger partial charge < -0.3 is 4.74 Å². The van der Waals surface area contributed by atoms with E-state index in [2.05, 4.69) is 15.0 Å². The van der Waals surface area contributed by atoms with Gasteiger partial charge in [0.1, 0.15) is 12.9 Å². The highest BCUT2D eigenvalue weighted by molar-refractivity contribution is 5.80. The SMILES string of the molecule is C1=CC=NC=N/C=C/C=N/C=C/COC=C1. The van der Waals surface area contributed by atoms with Gasteiger partial charge in [-0.25, -0.2) is 9.98 Å². The maximum Gasteiger partial charge on any atom is 0.115 e. The summed E-state index contributed by atoms with van der Waals surface area (Å²) in [6.45, 7) is 0.498. The van der Waals surface area contributed by atoms with E-state index in [1.807, 2.05) is 12.2 Å². The lowest BCUT2D eigenvalue weighted by Gasteiger charge is -1.90. The van der Waals surface area contributed by atoms with Gasteiger partial charge in [-0.15, -0.1) is 0 Å². The monoisotopic (exact) mass is 215 g/mol. The van der Waals surface area contributed by atoms with Gasteiger partial charge in [-0.1, -0.05) is 6.08 Å². The van der Waals surface area contributed by atoms with Gasteiger partial charge in [0.2, 0.25) is 0 Å². The Labute approximate surface area is 94.8 Å². The molecule has 16 heavy (non-hydrogen) atoms. The molecule has 0 aromatic rings. The molecule has 1 heterocycles. The maximum atomic E-state index is 5.15. The van der Waals surface area contributed by atoms with Gasteiger partial charge in [0.15, 0.2) is 0 Å². The van der Waals surface area contributed by atoms with Crippen molar-refractivity contribution in [3.63, 3.8) is 0 Å². The summed E-state index contributed by atoms with van der Waals surface area (Å²) < 4.78 is 5.15. The van der Waals surface area contributed by atoms with Crippen LogP contribution in [0.15, 0.2) is 64.0 Å². The predicted octanol–water partition coefficient (Wildman–Crippen LogP) is 2.28. The smallest absolute Gasteiger partial charge is 0.115 e. The van der Waals surface area contributed by atoms with Gasteiger partial charge in [-0.05, 0) is 24.3 Å². The lowest BCUT2D eigenvalue weighted by molar-refractivity contribution is 0.289. The molecule has 1 rings (SSSR count). The molecule has 0 aromatic carbocycles. The maximum absolute atomic E-state index is 5.15. The van der Waals surface area contributed by atoms with E-state index in [1.54, 1.807) is 49.3 Å². The largest absolute Gasteiger partial charge is 0.497 e. The van der Waals surface area contributed by atoms with Crippen molar-refractivity contribution < 1.29 is 4.74 Å². The Balaban J connectivity index is 2.57. The third-order valence-electron chi connectivity index (χ3n) is 1.43. The topological polar surface area (TPSA) is 46.3 Å². The molecule has 1 aliphatic heterocycles. The van der Waals surface area contributed by atoms with Crippen LogP contribution in [0, 0.1) is 0 Å². The van der Waals surface area contributed by atoms with E-state index in [0.29, 0.717) is 6.61 Å². The summed E-state index contributed by atoms with van der Waals surface area (Å²) in [5.74, 6) is 0. The van der Waals surface area contributed by atoms with Crippen LogP contribution in [0.25, 0.3) is 0 Å². The molecule has 0 radical (unpaired) electrons. The summed E-state index contributed by atoms with van der Waals surface area (Å²) in [6.07, 6.45) is 18.6. The number of hydrogen-bond acceptors (Lipinski definition) is 4. The zero-order valence-electron chi connectivity index (χ0n) is 8.81. The molecule has 0 unspecified atom stereocenters. The van der Waals surface area contributed by atoms with Crippen LogP contribution in [0.5, 0.6) is 0 Å². The summed E-state index contributed by atoms with van der Waals surface area (Å²) in [5.41, 5.74) is 0. The molecule has 82 valence electrons. The molecule has 0 N–H and O–H groups in total. The molecule has 0 saturated carbocycles. The van der Waals surface area contributed by atoms with E-state index in [-0.39, 0.29) is 0 Å². The second-order valence-corrected chi connectivity index (χ2v) is 2.63. The van der Waals surface area contributed by atoms with Crippen molar-refractivity contribution in [1.29, 1.82) is 0 Å². The fraction of sp³-hybridized carbons (Fsp3) is 0.0833. The highest BCUT2D eigenvalue weighted by Gasteiger charge is 1.72. The van der Waals surface area contributed by atoms with Crippen molar-refractivity contribution in [2.75, 3.05) is 6.61 Å².